The number of phosphoric ester groups is 1. The number of nitrogens with zero attached hydrogens (tertiary/aromatic N) is 1. The lowest BCUT2D eigenvalue weighted by molar-refractivity contribution is -0.870. The molecule has 0 aliphatic carbocycles. The van der Waals surface area contributed by atoms with Crippen LogP contribution in [0.2, 0.25) is 0 Å². The van der Waals surface area contributed by atoms with Crippen LogP contribution in [0.1, 0.15) is 309 Å². The van der Waals surface area contributed by atoms with E-state index in [1.54, 1.807) is 0 Å². The summed E-state index contributed by atoms with van der Waals surface area (Å²) in [5, 5.41) is 0. The molecule has 9 nitrogen and oxygen atoms in total. The van der Waals surface area contributed by atoms with Gasteiger partial charge in [0.25, 0.3) is 0 Å². The van der Waals surface area contributed by atoms with Gasteiger partial charge in [-0.2, -0.15) is 0 Å². The Balaban J connectivity index is 4.05. The largest absolute Gasteiger partial charge is 0.472 e. The first-order valence-electron chi connectivity index (χ1n) is 33.7. The molecule has 1 N–H and O–H groups in total. The van der Waals surface area contributed by atoms with Gasteiger partial charge >= 0.3 is 19.8 Å². The van der Waals surface area contributed by atoms with Crippen molar-refractivity contribution < 1.29 is 42.1 Å². The molecule has 2 unspecified atom stereocenters. The highest BCUT2D eigenvalue weighted by molar-refractivity contribution is 7.47. The van der Waals surface area contributed by atoms with Crippen LogP contribution in [0.4, 0.5) is 0 Å². The van der Waals surface area contributed by atoms with Crippen molar-refractivity contribution in [1.29, 1.82) is 0 Å². The monoisotopic (exact) mass is 1140 g/mol. The molecule has 0 amide bonds. The second-order valence-electron chi connectivity index (χ2n) is 23.8. The van der Waals surface area contributed by atoms with E-state index in [1.807, 2.05) is 21.1 Å². The number of phosphoric acid groups is 1. The van der Waals surface area contributed by atoms with E-state index in [9.17, 15) is 19.0 Å². The molecule has 0 heterocycles. The highest BCUT2D eigenvalue weighted by Crippen LogP contribution is 2.43. The number of carbonyl (C=O) groups excluding carboxylic acids is 2. The predicted octanol–water partition coefficient (Wildman–Crippen LogP) is 21.6. The summed E-state index contributed by atoms with van der Waals surface area (Å²) in [7, 11) is 1.48. The molecule has 0 aromatic rings. The molecule has 0 saturated heterocycles. The predicted molar refractivity (Wildman–Crippen MR) is 344 cm³/mol. The Labute approximate surface area is 495 Å². The molecule has 10 heteroatoms. The fourth-order valence-electron chi connectivity index (χ4n) is 9.57. The number of rotatable bonds is 62. The number of ether oxygens (including phenoxy) is 2. The molecule has 0 rings (SSSR count). The van der Waals surface area contributed by atoms with E-state index in [0.29, 0.717) is 17.4 Å². The summed E-state index contributed by atoms with van der Waals surface area (Å²) >= 11 is 0. The average Bonchev–Trinajstić information content (AvgIpc) is 3.42. The highest BCUT2D eigenvalue weighted by atomic mass is 31.2. The summed E-state index contributed by atoms with van der Waals surface area (Å²) in [5.74, 6) is -0.787. The van der Waals surface area contributed by atoms with Crippen LogP contribution < -0.4 is 0 Å². The second-order valence-corrected chi connectivity index (χ2v) is 25.3. The van der Waals surface area contributed by atoms with Gasteiger partial charge in [-0.15, -0.1) is 0 Å². The zero-order valence-electron chi connectivity index (χ0n) is 53.1. The molecule has 0 spiro atoms. The summed E-state index contributed by atoms with van der Waals surface area (Å²) < 4.78 is 34.7. The van der Waals surface area contributed by atoms with Crippen molar-refractivity contribution in [2.45, 2.75) is 315 Å². The molecular weight excluding hydrogens is 1010 g/mol. The van der Waals surface area contributed by atoms with Gasteiger partial charge in [-0.1, -0.05) is 286 Å². The molecule has 80 heavy (non-hydrogen) atoms. The van der Waals surface area contributed by atoms with Crippen LogP contribution in [0, 0.1) is 0 Å². The first-order valence-corrected chi connectivity index (χ1v) is 35.2. The Bertz CT molecular complexity index is 1580. The van der Waals surface area contributed by atoms with E-state index in [4.69, 9.17) is 18.5 Å². The van der Waals surface area contributed by atoms with Crippen LogP contribution in [-0.4, -0.2) is 74.9 Å². The van der Waals surface area contributed by atoms with Gasteiger partial charge in [-0.3, -0.25) is 18.6 Å². The molecule has 0 radical (unpaired) electrons. The lowest BCUT2D eigenvalue weighted by Gasteiger charge is -2.24. The first-order chi connectivity index (χ1) is 39.0. The molecule has 0 aliphatic heterocycles. The van der Waals surface area contributed by atoms with Gasteiger partial charge in [0.15, 0.2) is 6.10 Å². The SMILES string of the molecule is CC/C=C\C/C=C\C/C=C\C/C=C\CCCCCCCCCCCCCCCCC(=O)OC(COC(=O)CCCCCCCCCCCCCCCCCCC/C=C\C/C=C\CCCCCCC)COP(=O)(O)OCC[N+](C)(C)C. The summed E-state index contributed by atoms with van der Waals surface area (Å²) in [6.45, 7) is 4.35. The van der Waals surface area contributed by atoms with Gasteiger partial charge in [0.2, 0.25) is 0 Å². The fraction of sp³-hybridized carbons (Fsp3) is 0.800. The number of carbonyl (C=O) groups is 2. The van der Waals surface area contributed by atoms with Crippen LogP contribution in [0.15, 0.2) is 72.9 Å². The zero-order chi connectivity index (χ0) is 58.4. The topological polar surface area (TPSA) is 108 Å². The van der Waals surface area contributed by atoms with E-state index in [0.717, 1.165) is 64.2 Å². The van der Waals surface area contributed by atoms with Crippen LogP contribution in [0.3, 0.4) is 0 Å². The van der Waals surface area contributed by atoms with Crippen LogP contribution in [-0.2, 0) is 32.7 Å². The molecular formula is C70H129NO8P+. The molecule has 0 aliphatic rings. The van der Waals surface area contributed by atoms with Crippen molar-refractivity contribution in [3.63, 3.8) is 0 Å². The highest BCUT2D eigenvalue weighted by Gasteiger charge is 2.27. The fourth-order valence-corrected chi connectivity index (χ4v) is 10.3. The smallest absolute Gasteiger partial charge is 0.462 e. The van der Waals surface area contributed by atoms with E-state index >= 15 is 0 Å². The maximum absolute atomic E-state index is 12.9. The lowest BCUT2D eigenvalue weighted by Crippen LogP contribution is -2.37. The normalized spacial score (nSPS) is 13.6. The van der Waals surface area contributed by atoms with Gasteiger partial charge in [-0.25, -0.2) is 4.57 Å². The van der Waals surface area contributed by atoms with Crippen LogP contribution in [0.25, 0.3) is 0 Å². The summed E-state index contributed by atoms with van der Waals surface area (Å²) in [4.78, 5) is 35.8. The Morgan fingerprint density at radius 1 is 0.400 bits per heavy atom. The quantitative estimate of drug-likeness (QED) is 0.0211. The number of esters is 2. The molecule has 0 bridgehead atoms. The van der Waals surface area contributed by atoms with Gasteiger partial charge in [0.1, 0.15) is 19.8 Å². The molecule has 2 atom stereocenters. The summed E-state index contributed by atoms with van der Waals surface area (Å²) in [6.07, 6.45) is 81.4. The third kappa shape index (κ3) is 64.6. The van der Waals surface area contributed by atoms with Gasteiger partial charge < -0.3 is 18.9 Å². The lowest BCUT2D eigenvalue weighted by atomic mass is 10.0. The molecule has 0 aromatic heterocycles. The van der Waals surface area contributed by atoms with Crippen molar-refractivity contribution in [2.75, 3.05) is 47.5 Å². The Kier molecular flexibility index (Phi) is 59.1. The Hall–Kier alpha value is -2.55. The molecule has 0 fully saturated rings. The maximum Gasteiger partial charge on any atom is 0.472 e. The van der Waals surface area contributed by atoms with Crippen LogP contribution >= 0.6 is 7.82 Å². The maximum atomic E-state index is 12.9. The van der Waals surface area contributed by atoms with E-state index in [-0.39, 0.29) is 32.0 Å². The number of hydrogen-bond acceptors (Lipinski definition) is 7. The number of allylic oxidation sites excluding steroid dienone is 12. The summed E-state index contributed by atoms with van der Waals surface area (Å²) in [5.41, 5.74) is 0. The summed E-state index contributed by atoms with van der Waals surface area (Å²) in [6, 6.07) is 0. The van der Waals surface area contributed by atoms with Crippen molar-refractivity contribution >= 4 is 19.8 Å². The number of quaternary nitrogens is 1. The Morgan fingerprint density at radius 3 is 1.06 bits per heavy atom. The van der Waals surface area contributed by atoms with E-state index in [2.05, 4.69) is 86.8 Å². The number of unbranched alkanes of at least 4 members (excludes halogenated alkanes) is 36. The molecule has 0 aromatic carbocycles. The first kappa shape index (κ1) is 77.5. The molecule has 0 saturated carbocycles. The minimum Gasteiger partial charge on any atom is -0.462 e. The molecule has 466 valence electrons. The van der Waals surface area contributed by atoms with Gasteiger partial charge in [0.05, 0.1) is 27.7 Å². The average molecular weight is 1140 g/mol. The number of likely N-dealkylation sites (N-methyl/N-ethyl adjacent to an activating group) is 1. The van der Waals surface area contributed by atoms with Crippen molar-refractivity contribution in [2.24, 2.45) is 0 Å². The van der Waals surface area contributed by atoms with E-state index in [1.165, 1.54) is 212 Å². The van der Waals surface area contributed by atoms with Crippen molar-refractivity contribution in [3.05, 3.63) is 72.9 Å². The standard InChI is InChI=1S/C70H128NO8P/c1-6-8-10-12-14-16-18-20-22-24-26-28-30-32-34-35-37-38-40-42-44-46-48-50-52-54-56-58-60-62-69(72)76-66-68(67-78-80(74,75)77-65-64-71(3,4)5)79-70(73)63-61-59-57-55-53-51-49-47-45-43-41-39-36-33-31-29-27-25-23-21-19-17-15-13-11-9-7-2/h9,11,15,17-18,20-21,23-24,26-27,29,68H,6-8,10,12-14,16,19,22,25,28,30-67H2,1-5H3/p+1/b11-9-,17-15-,20-18-,23-21-,26-24-,29-27-. The van der Waals surface area contributed by atoms with Crippen molar-refractivity contribution in [3.8, 4) is 0 Å². The van der Waals surface area contributed by atoms with Crippen LogP contribution in [0.5, 0.6) is 0 Å². The van der Waals surface area contributed by atoms with Gasteiger partial charge in [-0.05, 0) is 83.5 Å². The van der Waals surface area contributed by atoms with E-state index < -0.39 is 26.5 Å². The number of hydrogen-bond donors (Lipinski definition) is 1. The van der Waals surface area contributed by atoms with Crippen molar-refractivity contribution in [1.82, 2.24) is 0 Å². The zero-order valence-corrected chi connectivity index (χ0v) is 54.0. The second kappa shape index (κ2) is 61.0. The van der Waals surface area contributed by atoms with Gasteiger partial charge in [0, 0.05) is 12.8 Å². The minimum atomic E-state index is -4.39. The Morgan fingerprint density at radius 2 is 0.713 bits per heavy atom. The third-order valence-corrected chi connectivity index (χ3v) is 15.7. The third-order valence-electron chi connectivity index (χ3n) is 14.7. The minimum absolute atomic E-state index is 0.0310.